The van der Waals surface area contributed by atoms with Gasteiger partial charge in [-0.3, -0.25) is 14.5 Å². The van der Waals surface area contributed by atoms with E-state index in [-0.39, 0.29) is 23.7 Å². The van der Waals surface area contributed by atoms with Gasteiger partial charge in [0.15, 0.2) is 0 Å². The van der Waals surface area contributed by atoms with Crippen molar-refractivity contribution < 1.29 is 37.7 Å². The van der Waals surface area contributed by atoms with Crippen LogP contribution in [0.4, 0.5) is 0 Å². The van der Waals surface area contributed by atoms with Gasteiger partial charge in [0.25, 0.3) is 0 Å². The van der Waals surface area contributed by atoms with Gasteiger partial charge < -0.3 is 33.1 Å². The van der Waals surface area contributed by atoms with Crippen LogP contribution in [0, 0.1) is 37.5 Å². The Balaban J connectivity index is 0.000000190. The van der Waals surface area contributed by atoms with Crippen LogP contribution in [0.5, 0.6) is 11.5 Å². The SMILES string of the molecule is CCN1C[C@@H](CCc2cccc(OCc3nc(-c4ccccc4)oc3C)c2)[C@H](C(=O)OC)C1.Cc1oc(-c2ccccc2)nc1COc1cccc(CC[C@@H]2CN(Cc3ccccc3)C[C@H]2C(=O)O)c1. The Labute approximate surface area is 411 Å². The lowest BCUT2D eigenvalue weighted by Crippen LogP contribution is -2.25. The van der Waals surface area contributed by atoms with Crippen molar-refractivity contribution in [2.24, 2.45) is 23.7 Å². The second kappa shape index (κ2) is 24.0. The van der Waals surface area contributed by atoms with Crippen LogP contribution in [0.1, 0.15) is 59.4 Å². The topological polar surface area (TPSA) is 141 Å². The van der Waals surface area contributed by atoms with E-state index >= 15 is 0 Å². The normalized spacial score (nSPS) is 18.0. The largest absolute Gasteiger partial charge is 0.487 e. The number of methoxy groups -OCH3 is 1. The molecule has 12 nitrogen and oxygen atoms in total. The number of carbonyl (C=O) groups excluding carboxylic acids is 1. The molecule has 9 rings (SSSR count). The summed E-state index contributed by atoms with van der Waals surface area (Å²) in [5.41, 5.74) is 7.03. The Kier molecular flexibility index (Phi) is 16.9. The van der Waals surface area contributed by atoms with Crippen molar-refractivity contribution in [2.45, 2.75) is 66.2 Å². The highest BCUT2D eigenvalue weighted by atomic mass is 16.5. The van der Waals surface area contributed by atoms with Crippen LogP contribution in [0.2, 0.25) is 0 Å². The van der Waals surface area contributed by atoms with E-state index in [0.717, 1.165) is 110 Å². The number of nitrogens with zero attached hydrogens (tertiary/aromatic N) is 4. The number of esters is 1. The van der Waals surface area contributed by atoms with Crippen molar-refractivity contribution in [3.63, 3.8) is 0 Å². The molecule has 4 heterocycles. The Morgan fingerprint density at radius 2 is 1.06 bits per heavy atom. The summed E-state index contributed by atoms with van der Waals surface area (Å²) < 4.78 is 28.8. The lowest BCUT2D eigenvalue weighted by atomic mass is 9.90. The van der Waals surface area contributed by atoms with Gasteiger partial charge in [0.1, 0.15) is 47.6 Å². The van der Waals surface area contributed by atoms with E-state index in [1.807, 2.05) is 123 Å². The van der Waals surface area contributed by atoms with E-state index in [1.165, 1.54) is 18.2 Å². The summed E-state index contributed by atoms with van der Waals surface area (Å²) in [5.74, 6) is 3.57. The number of benzene rings is 5. The van der Waals surface area contributed by atoms with E-state index < -0.39 is 5.97 Å². The van der Waals surface area contributed by atoms with Gasteiger partial charge in [0, 0.05) is 43.9 Å². The van der Waals surface area contributed by atoms with Gasteiger partial charge >= 0.3 is 11.9 Å². The molecule has 2 aliphatic heterocycles. The fraction of sp³-hybridized carbons (Fsp3) is 0.345. The minimum atomic E-state index is -0.699. The van der Waals surface area contributed by atoms with E-state index in [2.05, 4.69) is 57.0 Å². The van der Waals surface area contributed by atoms with Crippen LogP contribution in [0.25, 0.3) is 22.9 Å². The number of carbonyl (C=O) groups is 2. The number of hydrogen-bond donors (Lipinski definition) is 1. The summed E-state index contributed by atoms with van der Waals surface area (Å²) in [6.45, 7) is 11.5. The number of aromatic nitrogens is 2. The molecule has 2 aromatic heterocycles. The van der Waals surface area contributed by atoms with Crippen LogP contribution in [-0.4, -0.2) is 76.6 Å². The Morgan fingerprint density at radius 3 is 1.54 bits per heavy atom. The molecule has 4 atom stereocenters. The van der Waals surface area contributed by atoms with Gasteiger partial charge in [-0.2, -0.15) is 0 Å². The van der Waals surface area contributed by atoms with Crippen molar-refractivity contribution in [3.8, 4) is 34.4 Å². The third-order valence-corrected chi connectivity index (χ3v) is 13.5. The number of aliphatic carboxylic acids is 1. The minimum absolute atomic E-state index is 0.0386. The number of carboxylic acid groups (broad SMARTS) is 1. The van der Waals surface area contributed by atoms with E-state index in [4.69, 9.17) is 23.0 Å². The zero-order valence-corrected chi connectivity index (χ0v) is 40.7. The molecule has 1 N–H and O–H groups in total. The molecule has 7 aromatic rings. The number of carboxylic acids is 1. The molecule has 0 radical (unpaired) electrons. The summed E-state index contributed by atoms with van der Waals surface area (Å²) in [6, 6.07) is 46.1. The van der Waals surface area contributed by atoms with E-state index in [0.29, 0.717) is 37.5 Å². The summed E-state index contributed by atoms with van der Waals surface area (Å²) >= 11 is 0. The first-order valence-corrected chi connectivity index (χ1v) is 24.4. The van der Waals surface area contributed by atoms with Gasteiger partial charge in [-0.1, -0.05) is 97.9 Å². The second-order valence-electron chi connectivity index (χ2n) is 18.4. The highest BCUT2D eigenvalue weighted by molar-refractivity contribution is 5.73. The second-order valence-corrected chi connectivity index (χ2v) is 18.4. The standard InChI is InChI=1S/C31H32N2O4.C27H32N2O4/c1-22-29(32-30(37-22)25-12-6-3-7-13-25)21-36-27-14-8-11-23(17-27)15-16-26-19-33(20-28(26)31(34)35)18-24-9-4-2-5-10-24;1-4-29-16-22(24(17-29)27(30)31-3)14-13-20-9-8-12-23(15-20)32-18-25-19(2)33-26(28-25)21-10-6-5-7-11-21/h2-14,17,26,28H,15-16,18-21H2,1H3,(H,34,35);5-12,15,22,24H,4,13-14,16-18H2,1-3H3/t26-,28-;22-,24-/m11/s1. The molecule has 0 saturated carbocycles. The Bertz CT molecular complexity index is 2760. The highest BCUT2D eigenvalue weighted by Crippen LogP contribution is 2.32. The zero-order valence-electron chi connectivity index (χ0n) is 40.7. The Morgan fingerprint density at radius 1 is 0.600 bits per heavy atom. The average molecular weight is 945 g/mol. The molecule has 0 unspecified atom stereocenters. The van der Waals surface area contributed by atoms with Crippen LogP contribution in [-0.2, 0) is 46.9 Å². The third kappa shape index (κ3) is 13.2. The monoisotopic (exact) mass is 944 g/mol. The minimum Gasteiger partial charge on any atom is -0.487 e. The molecule has 5 aromatic carbocycles. The maximum absolute atomic E-state index is 12.2. The predicted octanol–water partition coefficient (Wildman–Crippen LogP) is 10.9. The fourth-order valence-electron chi connectivity index (χ4n) is 9.55. The van der Waals surface area contributed by atoms with Crippen LogP contribution in [0.15, 0.2) is 148 Å². The lowest BCUT2D eigenvalue weighted by Gasteiger charge is -2.16. The zero-order chi connectivity index (χ0) is 48.8. The molecule has 70 heavy (non-hydrogen) atoms. The molecule has 364 valence electrons. The van der Waals surface area contributed by atoms with Gasteiger partial charge in [-0.15, -0.1) is 0 Å². The Hall–Kier alpha value is -7.02. The lowest BCUT2D eigenvalue weighted by molar-refractivity contribution is -0.146. The van der Waals surface area contributed by atoms with Crippen molar-refractivity contribution in [1.29, 1.82) is 0 Å². The van der Waals surface area contributed by atoms with Crippen molar-refractivity contribution in [1.82, 2.24) is 19.8 Å². The third-order valence-electron chi connectivity index (χ3n) is 13.5. The highest BCUT2D eigenvalue weighted by Gasteiger charge is 2.38. The predicted molar refractivity (Wildman–Crippen MR) is 269 cm³/mol. The molecule has 0 aliphatic carbocycles. The number of ether oxygens (including phenoxy) is 3. The van der Waals surface area contributed by atoms with Crippen molar-refractivity contribution >= 4 is 11.9 Å². The molecular weight excluding hydrogens is 881 g/mol. The molecule has 0 amide bonds. The van der Waals surface area contributed by atoms with Gasteiger partial charge in [-0.25, -0.2) is 9.97 Å². The maximum Gasteiger partial charge on any atom is 0.310 e. The van der Waals surface area contributed by atoms with E-state index in [9.17, 15) is 14.7 Å². The first kappa shape index (κ1) is 49.4. The van der Waals surface area contributed by atoms with Gasteiger partial charge in [-0.05, 0) is 123 Å². The van der Waals surface area contributed by atoms with Crippen LogP contribution in [0.3, 0.4) is 0 Å². The number of likely N-dealkylation sites (tertiary alicyclic amines) is 2. The van der Waals surface area contributed by atoms with Crippen LogP contribution < -0.4 is 9.47 Å². The van der Waals surface area contributed by atoms with Gasteiger partial charge in [0.2, 0.25) is 11.8 Å². The average Bonchev–Trinajstić information content (AvgIpc) is 4.20. The number of oxazole rings is 2. The first-order valence-electron chi connectivity index (χ1n) is 24.4. The summed E-state index contributed by atoms with van der Waals surface area (Å²) in [6.07, 6.45) is 3.48. The quantitative estimate of drug-likeness (QED) is 0.0772. The first-order chi connectivity index (χ1) is 34.1. The maximum atomic E-state index is 12.2. The summed E-state index contributed by atoms with van der Waals surface area (Å²) in [4.78, 5) is 38.0. The number of hydrogen-bond acceptors (Lipinski definition) is 11. The summed E-state index contributed by atoms with van der Waals surface area (Å²) in [7, 11) is 1.48. The van der Waals surface area contributed by atoms with Crippen molar-refractivity contribution in [2.75, 3.05) is 39.8 Å². The summed E-state index contributed by atoms with van der Waals surface area (Å²) in [5, 5.41) is 9.82. The molecule has 12 heteroatoms. The van der Waals surface area contributed by atoms with E-state index in [1.54, 1.807) is 0 Å². The molecule has 0 spiro atoms. The molecule has 2 saturated heterocycles. The number of aryl methyl sites for hydroxylation is 4. The van der Waals surface area contributed by atoms with Gasteiger partial charge in [0.05, 0.1) is 18.9 Å². The van der Waals surface area contributed by atoms with Crippen molar-refractivity contribution in [3.05, 3.63) is 179 Å². The van der Waals surface area contributed by atoms with Crippen LogP contribution >= 0.6 is 0 Å². The molecule has 0 bridgehead atoms. The fourth-order valence-corrected chi connectivity index (χ4v) is 9.55. The number of rotatable bonds is 19. The smallest absolute Gasteiger partial charge is 0.310 e. The molecule has 2 fully saturated rings. The molecular formula is C58H64N4O8. The molecule has 2 aliphatic rings.